The molecule has 1 aromatic carbocycles. The first-order valence-corrected chi connectivity index (χ1v) is 5.07. The van der Waals surface area contributed by atoms with E-state index in [4.69, 9.17) is 0 Å². The summed E-state index contributed by atoms with van der Waals surface area (Å²) < 4.78 is 30.3. The van der Waals surface area contributed by atoms with Gasteiger partial charge in [0.2, 0.25) is 0 Å². The lowest BCUT2D eigenvalue weighted by Crippen LogP contribution is -2.39. The summed E-state index contributed by atoms with van der Waals surface area (Å²) in [6.45, 7) is -0.761. The van der Waals surface area contributed by atoms with Crippen LogP contribution in [0.2, 0.25) is 0 Å². The Morgan fingerprint density at radius 2 is 1.95 bits per heavy atom. The number of ether oxygens (including phenoxy) is 1. The highest BCUT2D eigenvalue weighted by atomic mass is 19.1. The van der Waals surface area contributed by atoms with Gasteiger partial charge in [-0.25, -0.2) is 18.4 Å². The van der Waals surface area contributed by atoms with Crippen molar-refractivity contribution < 1.29 is 27.9 Å². The van der Waals surface area contributed by atoms with E-state index in [-0.39, 0.29) is 0 Å². The first-order valence-electron chi connectivity index (χ1n) is 5.07. The number of hydrogen-bond donors (Lipinski definition) is 2. The van der Waals surface area contributed by atoms with Gasteiger partial charge in [-0.2, -0.15) is 0 Å². The Labute approximate surface area is 106 Å². The van der Waals surface area contributed by atoms with Crippen LogP contribution in [0, 0.1) is 11.6 Å². The highest BCUT2D eigenvalue weighted by Crippen LogP contribution is 2.10. The van der Waals surface area contributed by atoms with Gasteiger partial charge in [0.25, 0.3) is 5.91 Å². The van der Waals surface area contributed by atoms with Crippen molar-refractivity contribution in [2.45, 2.75) is 0 Å². The Morgan fingerprint density at radius 1 is 1.26 bits per heavy atom. The third-order valence-corrected chi connectivity index (χ3v) is 1.97. The molecule has 0 spiro atoms. The SMILES string of the molecule is CNC(=O)NC(=O)COC(=O)c1ccc(F)cc1F. The fourth-order valence-electron chi connectivity index (χ4n) is 1.09. The minimum absolute atomic E-state index is 0.505. The molecule has 0 atom stereocenters. The first-order chi connectivity index (χ1) is 8.93. The van der Waals surface area contributed by atoms with Gasteiger partial charge in [0, 0.05) is 13.1 Å². The fraction of sp³-hybridized carbons (Fsp3) is 0.182. The highest BCUT2D eigenvalue weighted by molar-refractivity contribution is 5.96. The summed E-state index contributed by atoms with van der Waals surface area (Å²) in [7, 11) is 1.29. The fourth-order valence-corrected chi connectivity index (χ4v) is 1.09. The van der Waals surface area contributed by atoms with Gasteiger partial charge < -0.3 is 10.1 Å². The molecule has 0 aliphatic heterocycles. The molecule has 0 aliphatic rings. The Bertz CT molecular complexity index is 519. The van der Waals surface area contributed by atoms with Gasteiger partial charge in [-0.1, -0.05) is 0 Å². The van der Waals surface area contributed by atoms with Gasteiger partial charge in [0.15, 0.2) is 6.61 Å². The zero-order chi connectivity index (χ0) is 14.4. The summed E-state index contributed by atoms with van der Waals surface area (Å²) in [6, 6.07) is 1.52. The minimum atomic E-state index is -1.13. The predicted octanol–water partition coefficient (Wildman–Crippen LogP) is 0.577. The number of carbonyl (C=O) groups excluding carboxylic acids is 3. The maximum Gasteiger partial charge on any atom is 0.341 e. The van der Waals surface area contributed by atoms with Crippen LogP contribution in [0.25, 0.3) is 0 Å². The Hall–Kier alpha value is -2.51. The van der Waals surface area contributed by atoms with Gasteiger partial charge in [-0.05, 0) is 12.1 Å². The predicted molar refractivity (Wildman–Crippen MR) is 59.2 cm³/mol. The maximum absolute atomic E-state index is 13.2. The monoisotopic (exact) mass is 272 g/mol. The second kappa shape index (κ2) is 6.43. The number of urea groups is 1. The third-order valence-electron chi connectivity index (χ3n) is 1.97. The van der Waals surface area contributed by atoms with Crippen LogP contribution in [-0.2, 0) is 9.53 Å². The summed E-state index contributed by atoms with van der Waals surface area (Å²) in [5.41, 5.74) is -0.505. The van der Waals surface area contributed by atoms with Crippen molar-refractivity contribution in [3.8, 4) is 0 Å². The molecule has 0 radical (unpaired) electrons. The van der Waals surface area contributed by atoms with E-state index < -0.39 is 41.7 Å². The van der Waals surface area contributed by atoms with Crippen LogP contribution >= 0.6 is 0 Å². The van der Waals surface area contributed by atoms with E-state index >= 15 is 0 Å². The van der Waals surface area contributed by atoms with E-state index in [1.54, 1.807) is 0 Å². The summed E-state index contributed by atoms with van der Waals surface area (Å²) in [4.78, 5) is 33.2. The molecule has 8 heteroatoms. The van der Waals surface area contributed by atoms with Crippen LogP contribution in [0.3, 0.4) is 0 Å². The molecule has 0 fully saturated rings. The lowest BCUT2D eigenvalue weighted by atomic mass is 10.2. The molecule has 0 bridgehead atoms. The number of benzene rings is 1. The topological polar surface area (TPSA) is 84.5 Å². The van der Waals surface area contributed by atoms with E-state index in [2.05, 4.69) is 10.1 Å². The largest absolute Gasteiger partial charge is 0.452 e. The lowest BCUT2D eigenvalue weighted by Gasteiger charge is -2.06. The molecule has 0 saturated heterocycles. The summed E-state index contributed by atoms with van der Waals surface area (Å²) in [5.74, 6) is -3.96. The molecule has 1 aromatic rings. The number of amides is 3. The molecular weight excluding hydrogens is 262 g/mol. The Balaban J connectivity index is 2.56. The van der Waals surface area contributed by atoms with Crippen molar-refractivity contribution >= 4 is 17.9 Å². The Kier molecular flexibility index (Phi) is 4.92. The molecule has 1 rings (SSSR count). The molecule has 0 unspecified atom stereocenters. The van der Waals surface area contributed by atoms with E-state index in [1.807, 2.05) is 5.32 Å². The standard InChI is InChI=1S/C11H10F2N2O4/c1-14-11(18)15-9(16)5-19-10(17)7-3-2-6(12)4-8(7)13/h2-4H,5H2,1H3,(H2,14,15,16,18). The molecule has 19 heavy (non-hydrogen) atoms. The molecule has 0 heterocycles. The van der Waals surface area contributed by atoms with Gasteiger partial charge in [0.1, 0.15) is 11.6 Å². The molecule has 2 N–H and O–H groups in total. The zero-order valence-electron chi connectivity index (χ0n) is 9.83. The smallest absolute Gasteiger partial charge is 0.341 e. The molecule has 0 aromatic heterocycles. The van der Waals surface area contributed by atoms with E-state index in [0.29, 0.717) is 6.07 Å². The molecule has 6 nitrogen and oxygen atoms in total. The average Bonchev–Trinajstić information content (AvgIpc) is 2.35. The number of rotatable bonds is 3. The molecule has 0 saturated carbocycles. The van der Waals surface area contributed by atoms with Crippen LogP contribution < -0.4 is 10.6 Å². The summed E-state index contributed by atoms with van der Waals surface area (Å²) in [6.07, 6.45) is 0. The van der Waals surface area contributed by atoms with Crippen LogP contribution in [0.4, 0.5) is 13.6 Å². The van der Waals surface area contributed by atoms with Gasteiger partial charge in [-0.3, -0.25) is 10.1 Å². The van der Waals surface area contributed by atoms with Crippen molar-refractivity contribution in [2.75, 3.05) is 13.7 Å². The van der Waals surface area contributed by atoms with Crippen molar-refractivity contribution in [3.63, 3.8) is 0 Å². The number of carbonyl (C=O) groups is 3. The zero-order valence-corrected chi connectivity index (χ0v) is 9.83. The normalized spacial score (nSPS) is 9.63. The Morgan fingerprint density at radius 3 is 2.53 bits per heavy atom. The molecule has 102 valence electrons. The van der Waals surface area contributed by atoms with Crippen LogP contribution in [0.5, 0.6) is 0 Å². The van der Waals surface area contributed by atoms with Gasteiger partial charge >= 0.3 is 12.0 Å². The average molecular weight is 272 g/mol. The van der Waals surface area contributed by atoms with Crippen molar-refractivity contribution in [1.29, 1.82) is 0 Å². The van der Waals surface area contributed by atoms with Crippen molar-refractivity contribution in [2.24, 2.45) is 0 Å². The number of imide groups is 1. The maximum atomic E-state index is 13.2. The second-order valence-electron chi connectivity index (χ2n) is 3.33. The van der Waals surface area contributed by atoms with Crippen LogP contribution in [-0.4, -0.2) is 31.6 Å². The first kappa shape index (κ1) is 14.6. The highest BCUT2D eigenvalue weighted by Gasteiger charge is 2.16. The number of hydrogen-bond acceptors (Lipinski definition) is 4. The van der Waals surface area contributed by atoms with E-state index in [1.165, 1.54) is 7.05 Å². The quantitative estimate of drug-likeness (QED) is 0.788. The summed E-state index contributed by atoms with van der Waals surface area (Å²) >= 11 is 0. The van der Waals surface area contributed by atoms with E-state index in [0.717, 1.165) is 12.1 Å². The minimum Gasteiger partial charge on any atom is -0.452 e. The van der Waals surface area contributed by atoms with E-state index in [9.17, 15) is 23.2 Å². The van der Waals surface area contributed by atoms with Crippen molar-refractivity contribution in [3.05, 3.63) is 35.4 Å². The molecule has 0 aliphatic carbocycles. The van der Waals surface area contributed by atoms with Gasteiger partial charge in [0.05, 0.1) is 5.56 Å². The number of esters is 1. The molecule has 3 amide bonds. The molecular formula is C11H10F2N2O4. The van der Waals surface area contributed by atoms with Crippen molar-refractivity contribution in [1.82, 2.24) is 10.6 Å². The van der Waals surface area contributed by atoms with Gasteiger partial charge in [-0.15, -0.1) is 0 Å². The number of halogens is 2. The number of nitrogens with one attached hydrogen (secondary N) is 2. The second-order valence-corrected chi connectivity index (χ2v) is 3.33. The van der Waals surface area contributed by atoms with Crippen LogP contribution in [0.15, 0.2) is 18.2 Å². The third kappa shape index (κ3) is 4.34. The van der Waals surface area contributed by atoms with Crippen LogP contribution in [0.1, 0.15) is 10.4 Å². The summed E-state index contributed by atoms with van der Waals surface area (Å²) in [5, 5.41) is 3.96. The lowest BCUT2D eigenvalue weighted by molar-refractivity contribution is -0.123.